The van der Waals surface area contributed by atoms with Gasteiger partial charge in [0.25, 0.3) is 0 Å². The van der Waals surface area contributed by atoms with E-state index in [1.54, 1.807) is 22.7 Å². The molecule has 0 saturated carbocycles. The van der Waals surface area contributed by atoms with E-state index < -0.39 is 0 Å². The Labute approximate surface area is 224 Å². The normalized spacial score (nSPS) is 11.2. The first-order chi connectivity index (χ1) is 18.3. The van der Waals surface area contributed by atoms with Crippen LogP contribution in [0.5, 0.6) is 0 Å². The minimum atomic E-state index is 1.14. The Hall–Kier alpha value is -4.18. The molecule has 0 aliphatic carbocycles. The third-order valence-corrected chi connectivity index (χ3v) is 8.78. The van der Waals surface area contributed by atoms with Crippen molar-refractivity contribution in [2.75, 3.05) is 4.90 Å². The molecule has 37 heavy (non-hydrogen) atoms. The van der Waals surface area contributed by atoms with Crippen LogP contribution in [0.25, 0.3) is 42.4 Å². The second-order valence-corrected chi connectivity index (χ2v) is 10.9. The number of nitrogens with zero attached hydrogens (tertiary/aromatic N) is 1. The number of hydrogen-bond donors (Lipinski definition) is 0. The lowest BCUT2D eigenvalue weighted by Crippen LogP contribution is -2.09. The van der Waals surface area contributed by atoms with Gasteiger partial charge in [0, 0.05) is 48.4 Å². The van der Waals surface area contributed by atoms with Crippen LogP contribution < -0.4 is 4.90 Å². The largest absolute Gasteiger partial charge is 0.311 e. The molecule has 176 valence electrons. The van der Waals surface area contributed by atoms with Crippen LogP contribution in [0.3, 0.4) is 0 Å². The summed E-state index contributed by atoms with van der Waals surface area (Å²) in [5.74, 6) is 0. The van der Waals surface area contributed by atoms with Crippen LogP contribution >= 0.6 is 22.7 Å². The van der Waals surface area contributed by atoms with Gasteiger partial charge in [0.15, 0.2) is 0 Å². The lowest BCUT2D eigenvalue weighted by molar-refractivity contribution is 1.28. The van der Waals surface area contributed by atoms with E-state index >= 15 is 0 Å². The minimum Gasteiger partial charge on any atom is -0.311 e. The predicted octanol–water partition coefficient (Wildman–Crippen LogP) is 10.9. The van der Waals surface area contributed by atoms with Crippen LogP contribution in [0, 0.1) is 0 Å². The van der Waals surface area contributed by atoms with Gasteiger partial charge in [0.1, 0.15) is 0 Å². The molecule has 0 unspecified atom stereocenters. The molecule has 7 rings (SSSR count). The first-order valence-electron chi connectivity index (χ1n) is 12.3. The van der Waals surface area contributed by atoms with Gasteiger partial charge >= 0.3 is 0 Å². The molecule has 0 aliphatic rings. The summed E-state index contributed by atoms with van der Waals surface area (Å²) >= 11 is 3.61. The van der Waals surface area contributed by atoms with Crippen LogP contribution in [-0.4, -0.2) is 0 Å². The fraction of sp³-hybridized carbons (Fsp3) is 0. The maximum atomic E-state index is 2.32. The van der Waals surface area contributed by atoms with E-state index in [9.17, 15) is 0 Å². The number of rotatable bonds is 5. The summed E-state index contributed by atoms with van der Waals surface area (Å²) in [6.07, 6.45) is 0. The van der Waals surface area contributed by atoms with E-state index in [1.165, 1.54) is 42.4 Å². The van der Waals surface area contributed by atoms with Gasteiger partial charge in [0.05, 0.1) is 0 Å². The summed E-state index contributed by atoms with van der Waals surface area (Å²) in [5.41, 5.74) is 8.51. The van der Waals surface area contributed by atoms with Gasteiger partial charge in [-0.05, 0) is 70.4 Å². The summed E-state index contributed by atoms with van der Waals surface area (Å²) in [5, 5.41) is 7.16. The Kier molecular flexibility index (Phi) is 5.58. The molecule has 2 heterocycles. The number of para-hydroxylation sites is 1. The summed E-state index contributed by atoms with van der Waals surface area (Å²) in [6.45, 7) is 0. The number of benzene rings is 5. The number of hydrogen-bond acceptors (Lipinski definition) is 3. The maximum absolute atomic E-state index is 2.32. The SMILES string of the molecule is c1ccc(N(c2ccc(-c3csc4ccccc34)cc2)c2ccc(-c3csc4ccccc34)cc2)cc1. The van der Waals surface area contributed by atoms with Crippen LogP contribution in [0.4, 0.5) is 17.1 Å². The van der Waals surface area contributed by atoms with Gasteiger partial charge in [-0.25, -0.2) is 0 Å². The Morgan fingerprint density at radius 1 is 0.378 bits per heavy atom. The molecule has 1 nitrogen and oxygen atoms in total. The second kappa shape index (κ2) is 9.36. The molecular formula is C34H23NS2. The first-order valence-corrected chi connectivity index (χ1v) is 14.1. The average molecular weight is 510 g/mol. The van der Waals surface area contributed by atoms with Crippen molar-refractivity contribution in [2.45, 2.75) is 0 Å². The highest BCUT2D eigenvalue weighted by atomic mass is 32.1. The van der Waals surface area contributed by atoms with E-state index in [-0.39, 0.29) is 0 Å². The highest BCUT2D eigenvalue weighted by Crippen LogP contribution is 2.40. The van der Waals surface area contributed by atoms with Crippen molar-refractivity contribution in [1.29, 1.82) is 0 Å². The van der Waals surface area contributed by atoms with Crippen LogP contribution in [0.2, 0.25) is 0 Å². The molecule has 0 N–H and O–H groups in total. The van der Waals surface area contributed by atoms with Crippen LogP contribution in [0.15, 0.2) is 138 Å². The fourth-order valence-corrected chi connectivity index (χ4v) is 6.95. The van der Waals surface area contributed by atoms with Gasteiger partial charge in [-0.15, -0.1) is 22.7 Å². The molecule has 3 heteroatoms. The van der Waals surface area contributed by atoms with Crippen LogP contribution in [-0.2, 0) is 0 Å². The van der Waals surface area contributed by atoms with Gasteiger partial charge in [-0.3, -0.25) is 0 Å². The molecule has 0 saturated heterocycles. The van der Waals surface area contributed by atoms with E-state index in [0.29, 0.717) is 0 Å². The minimum absolute atomic E-state index is 1.14. The highest BCUT2D eigenvalue weighted by molar-refractivity contribution is 7.18. The molecule has 0 amide bonds. The van der Waals surface area contributed by atoms with E-state index in [4.69, 9.17) is 0 Å². The summed E-state index contributed by atoms with van der Waals surface area (Å²) < 4.78 is 2.65. The van der Waals surface area contributed by atoms with E-state index in [2.05, 4.69) is 143 Å². The zero-order valence-electron chi connectivity index (χ0n) is 20.0. The molecule has 0 aliphatic heterocycles. The first kappa shape index (κ1) is 22.1. The third-order valence-electron chi connectivity index (χ3n) is 6.85. The average Bonchev–Trinajstić information content (AvgIpc) is 3.60. The molecule has 5 aromatic carbocycles. The van der Waals surface area contributed by atoms with Gasteiger partial charge in [-0.1, -0.05) is 78.9 Å². The molecule has 0 radical (unpaired) electrons. The van der Waals surface area contributed by atoms with Crippen molar-refractivity contribution in [2.24, 2.45) is 0 Å². The highest BCUT2D eigenvalue weighted by Gasteiger charge is 2.14. The van der Waals surface area contributed by atoms with Crippen molar-refractivity contribution in [3.8, 4) is 22.3 Å². The van der Waals surface area contributed by atoms with Gasteiger partial charge in [-0.2, -0.15) is 0 Å². The van der Waals surface area contributed by atoms with E-state index in [0.717, 1.165) is 17.1 Å². The summed E-state index contributed by atoms with van der Waals surface area (Å²) in [7, 11) is 0. The lowest BCUT2D eigenvalue weighted by Gasteiger charge is -2.26. The topological polar surface area (TPSA) is 3.24 Å². The smallest absolute Gasteiger partial charge is 0.0462 e. The Balaban J connectivity index is 1.27. The number of thiophene rings is 2. The van der Waals surface area contributed by atoms with Gasteiger partial charge in [0.2, 0.25) is 0 Å². The quantitative estimate of drug-likeness (QED) is 0.223. The molecule has 0 fully saturated rings. The predicted molar refractivity (Wildman–Crippen MR) is 163 cm³/mol. The molecule has 0 bridgehead atoms. The van der Waals surface area contributed by atoms with Crippen molar-refractivity contribution in [3.05, 3.63) is 138 Å². The fourth-order valence-electron chi connectivity index (χ4n) is 5.01. The number of anilines is 3. The van der Waals surface area contributed by atoms with Crippen molar-refractivity contribution in [3.63, 3.8) is 0 Å². The molecule has 7 aromatic rings. The molecule has 2 aromatic heterocycles. The van der Waals surface area contributed by atoms with Gasteiger partial charge < -0.3 is 4.90 Å². The zero-order chi connectivity index (χ0) is 24.6. The third kappa shape index (κ3) is 4.03. The van der Waals surface area contributed by atoms with Crippen molar-refractivity contribution >= 4 is 59.9 Å². The molecule has 0 atom stereocenters. The molecular weight excluding hydrogens is 487 g/mol. The van der Waals surface area contributed by atoms with Crippen molar-refractivity contribution in [1.82, 2.24) is 0 Å². The zero-order valence-corrected chi connectivity index (χ0v) is 21.7. The van der Waals surface area contributed by atoms with Crippen molar-refractivity contribution < 1.29 is 0 Å². The maximum Gasteiger partial charge on any atom is 0.0462 e. The standard InChI is InChI=1S/C34H23NS2/c1-2-8-26(9-3-1)35(27-18-14-24(15-19-27)31-22-36-33-12-6-4-10-29(31)33)28-20-16-25(17-21-28)32-23-37-34-13-7-5-11-30(32)34/h1-23H. The molecule has 0 spiro atoms. The van der Waals surface area contributed by atoms with Crippen LogP contribution in [0.1, 0.15) is 0 Å². The summed E-state index contributed by atoms with van der Waals surface area (Å²) in [4.78, 5) is 2.32. The Morgan fingerprint density at radius 2 is 0.784 bits per heavy atom. The number of fused-ring (bicyclic) bond motifs is 2. The Morgan fingerprint density at radius 3 is 1.27 bits per heavy atom. The second-order valence-electron chi connectivity index (χ2n) is 9.06. The summed E-state index contributed by atoms with van der Waals surface area (Å²) in [6, 6.07) is 45.7. The monoisotopic (exact) mass is 509 g/mol. The van der Waals surface area contributed by atoms with E-state index in [1.807, 2.05) is 0 Å². The lowest BCUT2D eigenvalue weighted by atomic mass is 10.0. The Bertz CT molecular complexity index is 1690.